The first-order valence-electron chi connectivity index (χ1n) is 4.04. The van der Waals surface area contributed by atoms with Crippen LogP contribution >= 0.6 is 0 Å². The zero-order valence-electron chi connectivity index (χ0n) is 7.46. The van der Waals surface area contributed by atoms with Crippen molar-refractivity contribution in [3.8, 4) is 6.07 Å². The summed E-state index contributed by atoms with van der Waals surface area (Å²) in [6.07, 6.45) is 3.27. The van der Waals surface area contributed by atoms with E-state index in [9.17, 15) is 5.11 Å². The van der Waals surface area contributed by atoms with Gasteiger partial charge in [0, 0.05) is 11.0 Å². The molecule has 0 radical (unpaired) electrons. The SMILES string of the molecule is CCC[C@@H](O)[C@H](/C=C/C#N)N=[N+]=[N-]. The first-order valence-corrected chi connectivity index (χ1v) is 4.04. The van der Waals surface area contributed by atoms with E-state index < -0.39 is 12.1 Å². The molecular weight excluding hydrogens is 168 g/mol. The topological polar surface area (TPSA) is 92.8 Å². The molecular formula is C8H12N4O. The van der Waals surface area contributed by atoms with E-state index in [1.54, 1.807) is 6.07 Å². The van der Waals surface area contributed by atoms with Gasteiger partial charge in [0.2, 0.25) is 0 Å². The lowest BCUT2D eigenvalue weighted by molar-refractivity contribution is 0.150. The molecule has 0 aliphatic heterocycles. The molecule has 5 nitrogen and oxygen atoms in total. The van der Waals surface area contributed by atoms with Crippen molar-refractivity contribution in [2.45, 2.75) is 31.9 Å². The molecule has 0 aromatic heterocycles. The van der Waals surface area contributed by atoms with E-state index in [4.69, 9.17) is 10.8 Å². The molecule has 0 fully saturated rings. The summed E-state index contributed by atoms with van der Waals surface area (Å²) in [6.45, 7) is 1.92. The second-order valence-electron chi connectivity index (χ2n) is 2.54. The van der Waals surface area contributed by atoms with Crippen LogP contribution in [0.4, 0.5) is 0 Å². The van der Waals surface area contributed by atoms with Crippen LogP contribution in [0.1, 0.15) is 19.8 Å². The third-order valence-corrected chi connectivity index (χ3v) is 1.53. The normalized spacial score (nSPS) is 14.5. The Morgan fingerprint density at radius 1 is 1.77 bits per heavy atom. The van der Waals surface area contributed by atoms with Gasteiger partial charge in [-0.05, 0) is 12.0 Å². The minimum atomic E-state index is -0.703. The van der Waals surface area contributed by atoms with Gasteiger partial charge in [0.05, 0.1) is 18.2 Å². The van der Waals surface area contributed by atoms with Crippen molar-refractivity contribution in [2.75, 3.05) is 0 Å². The molecule has 0 unspecified atom stereocenters. The summed E-state index contributed by atoms with van der Waals surface area (Å²) < 4.78 is 0. The number of hydrogen-bond acceptors (Lipinski definition) is 3. The molecule has 13 heavy (non-hydrogen) atoms. The first-order chi connectivity index (χ1) is 6.26. The van der Waals surface area contributed by atoms with Crippen LogP contribution in [0.25, 0.3) is 10.4 Å². The molecule has 0 rings (SSSR count). The number of hydrogen-bond donors (Lipinski definition) is 1. The molecule has 0 aromatic carbocycles. The Balaban J connectivity index is 4.33. The molecule has 0 bridgehead atoms. The van der Waals surface area contributed by atoms with Gasteiger partial charge in [-0.25, -0.2) is 0 Å². The van der Waals surface area contributed by atoms with E-state index in [0.29, 0.717) is 6.42 Å². The molecule has 70 valence electrons. The van der Waals surface area contributed by atoms with Crippen molar-refractivity contribution in [3.05, 3.63) is 22.6 Å². The van der Waals surface area contributed by atoms with Gasteiger partial charge < -0.3 is 5.11 Å². The van der Waals surface area contributed by atoms with E-state index in [2.05, 4.69) is 10.0 Å². The summed E-state index contributed by atoms with van der Waals surface area (Å²) in [7, 11) is 0. The van der Waals surface area contributed by atoms with Crippen LogP contribution in [0.5, 0.6) is 0 Å². The van der Waals surface area contributed by atoms with Crippen molar-refractivity contribution in [2.24, 2.45) is 5.11 Å². The maximum absolute atomic E-state index is 9.44. The highest BCUT2D eigenvalue weighted by Gasteiger charge is 2.12. The highest BCUT2D eigenvalue weighted by molar-refractivity contribution is 5.08. The van der Waals surface area contributed by atoms with Gasteiger partial charge in [0.15, 0.2) is 0 Å². The summed E-state index contributed by atoms with van der Waals surface area (Å²) >= 11 is 0. The lowest BCUT2D eigenvalue weighted by Crippen LogP contribution is -2.21. The van der Waals surface area contributed by atoms with Crippen molar-refractivity contribution < 1.29 is 5.11 Å². The monoisotopic (exact) mass is 180 g/mol. The Morgan fingerprint density at radius 2 is 2.46 bits per heavy atom. The Morgan fingerprint density at radius 3 is 2.92 bits per heavy atom. The first kappa shape index (κ1) is 11.5. The molecule has 0 saturated heterocycles. The van der Waals surface area contributed by atoms with Gasteiger partial charge in [-0.2, -0.15) is 5.26 Å². The van der Waals surface area contributed by atoms with E-state index in [0.717, 1.165) is 6.42 Å². The zero-order valence-corrected chi connectivity index (χ0v) is 7.46. The molecule has 0 heterocycles. The molecule has 0 aromatic rings. The molecule has 0 saturated carbocycles. The Labute approximate surface area is 76.9 Å². The van der Waals surface area contributed by atoms with E-state index >= 15 is 0 Å². The van der Waals surface area contributed by atoms with E-state index in [1.807, 2.05) is 6.92 Å². The van der Waals surface area contributed by atoms with Crippen molar-refractivity contribution >= 4 is 0 Å². The predicted molar refractivity (Wildman–Crippen MR) is 48.6 cm³/mol. The minimum Gasteiger partial charge on any atom is -0.392 e. The average Bonchev–Trinajstić information content (AvgIpc) is 2.12. The van der Waals surface area contributed by atoms with Crippen molar-refractivity contribution in [1.82, 2.24) is 0 Å². The highest BCUT2D eigenvalue weighted by atomic mass is 16.3. The summed E-state index contributed by atoms with van der Waals surface area (Å²) in [4.78, 5) is 2.60. The fourth-order valence-electron chi connectivity index (χ4n) is 0.911. The van der Waals surface area contributed by atoms with Crippen LogP contribution in [-0.2, 0) is 0 Å². The number of nitriles is 1. The van der Waals surface area contributed by atoms with Crippen LogP contribution in [0, 0.1) is 11.3 Å². The molecule has 0 aliphatic carbocycles. The van der Waals surface area contributed by atoms with E-state index in [-0.39, 0.29) is 0 Å². The molecule has 2 atom stereocenters. The molecule has 0 aliphatic rings. The van der Waals surface area contributed by atoms with Gasteiger partial charge in [0.1, 0.15) is 0 Å². The minimum absolute atomic E-state index is 0.555. The zero-order chi connectivity index (χ0) is 10.1. The largest absolute Gasteiger partial charge is 0.392 e. The van der Waals surface area contributed by atoms with Crippen LogP contribution < -0.4 is 0 Å². The maximum Gasteiger partial charge on any atom is 0.0908 e. The van der Waals surface area contributed by atoms with Gasteiger partial charge in [0.25, 0.3) is 0 Å². The molecule has 1 N–H and O–H groups in total. The van der Waals surface area contributed by atoms with Crippen molar-refractivity contribution in [3.63, 3.8) is 0 Å². The fourth-order valence-corrected chi connectivity index (χ4v) is 0.911. The Kier molecular flexibility index (Phi) is 6.34. The van der Waals surface area contributed by atoms with Crippen LogP contribution in [0.15, 0.2) is 17.3 Å². The fraction of sp³-hybridized carbons (Fsp3) is 0.625. The van der Waals surface area contributed by atoms with Crippen LogP contribution in [-0.4, -0.2) is 17.3 Å². The quantitative estimate of drug-likeness (QED) is 0.303. The summed E-state index contributed by atoms with van der Waals surface area (Å²) in [5.41, 5.74) is 8.18. The molecule has 0 amide bonds. The lowest BCUT2D eigenvalue weighted by Gasteiger charge is -2.12. The van der Waals surface area contributed by atoms with Gasteiger partial charge in [-0.3, -0.25) is 0 Å². The lowest BCUT2D eigenvalue weighted by atomic mass is 10.1. The van der Waals surface area contributed by atoms with Crippen LogP contribution in [0.3, 0.4) is 0 Å². The van der Waals surface area contributed by atoms with Crippen molar-refractivity contribution in [1.29, 1.82) is 5.26 Å². The number of aliphatic hydroxyl groups excluding tert-OH is 1. The average molecular weight is 180 g/mol. The maximum atomic E-state index is 9.44. The summed E-state index contributed by atoms with van der Waals surface area (Å²) in [5, 5.41) is 21.1. The van der Waals surface area contributed by atoms with E-state index in [1.165, 1.54) is 12.2 Å². The molecule has 0 spiro atoms. The van der Waals surface area contributed by atoms with Gasteiger partial charge >= 0.3 is 0 Å². The molecule has 5 heteroatoms. The Hall–Kier alpha value is -1.50. The number of nitrogens with zero attached hydrogens (tertiary/aromatic N) is 4. The standard InChI is InChI=1S/C8H12N4O/c1-2-4-8(13)7(11-12-10)5-3-6-9/h3,5,7-8,13H,2,4H2,1H3/b5-3+/t7-,8+/m0/s1. The van der Waals surface area contributed by atoms with Gasteiger partial charge in [-0.15, -0.1) is 0 Å². The Bertz CT molecular complexity index is 249. The third kappa shape index (κ3) is 4.86. The highest BCUT2D eigenvalue weighted by Crippen LogP contribution is 2.07. The number of allylic oxidation sites excluding steroid dienone is 1. The van der Waals surface area contributed by atoms with Crippen LogP contribution in [0.2, 0.25) is 0 Å². The summed E-state index contributed by atoms with van der Waals surface area (Å²) in [6, 6.07) is 1.14. The summed E-state index contributed by atoms with van der Waals surface area (Å²) in [5.74, 6) is 0. The van der Waals surface area contributed by atoms with Gasteiger partial charge in [-0.1, -0.05) is 24.5 Å². The second kappa shape index (κ2) is 7.17. The number of rotatable bonds is 5. The third-order valence-electron chi connectivity index (χ3n) is 1.53. The number of aliphatic hydroxyl groups is 1. The second-order valence-corrected chi connectivity index (χ2v) is 2.54. The predicted octanol–water partition coefficient (Wildman–Crippen LogP) is 1.91. The smallest absolute Gasteiger partial charge is 0.0908 e. The number of azide groups is 1.